The lowest BCUT2D eigenvalue weighted by molar-refractivity contribution is -0.153. The molecule has 8 nitrogen and oxygen atoms in total. The minimum atomic E-state index is -1.17. The van der Waals surface area contributed by atoms with E-state index in [1.807, 2.05) is 32.0 Å². The lowest BCUT2D eigenvalue weighted by Gasteiger charge is -2.37. The molecule has 9 heteroatoms. The number of ether oxygens (including phenoxy) is 2. The zero-order valence-electron chi connectivity index (χ0n) is 21.4. The van der Waals surface area contributed by atoms with Crippen molar-refractivity contribution in [1.29, 1.82) is 0 Å². The zero-order valence-corrected chi connectivity index (χ0v) is 23.0. The van der Waals surface area contributed by atoms with Gasteiger partial charge in [-0.15, -0.1) is 6.58 Å². The summed E-state index contributed by atoms with van der Waals surface area (Å²) in [4.78, 5) is 44.7. The molecule has 0 aromatic heterocycles. The number of hydrogen-bond donors (Lipinski definition) is 1. The predicted octanol–water partition coefficient (Wildman–Crippen LogP) is 3.07. The Bertz CT molecular complexity index is 1070. The highest BCUT2D eigenvalue weighted by Crippen LogP contribution is 2.60. The Hall–Kier alpha value is -2.49. The number of alkyl halides is 1. The van der Waals surface area contributed by atoms with Gasteiger partial charge in [-0.05, 0) is 44.2 Å². The van der Waals surface area contributed by atoms with Crippen LogP contribution in [-0.4, -0.2) is 76.7 Å². The van der Waals surface area contributed by atoms with Gasteiger partial charge in [-0.1, -0.05) is 52.9 Å². The average Bonchev–Trinajstić information content (AvgIpc) is 3.45. The Kier molecular flexibility index (Phi) is 8.26. The molecule has 1 aromatic rings. The lowest BCUT2D eigenvalue weighted by atomic mass is 9.70. The summed E-state index contributed by atoms with van der Waals surface area (Å²) >= 11 is 3.66. The molecule has 3 unspecified atom stereocenters. The maximum Gasteiger partial charge on any atom is 0.312 e. The fourth-order valence-electron chi connectivity index (χ4n) is 6.35. The Morgan fingerprint density at radius 1 is 1.27 bits per heavy atom. The van der Waals surface area contributed by atoms with Crippen LogP contribution in [0.3, 0.4) is 0 Å². The van der Waals surface area contributed by atoms with Gasteiger partial charge in [-0.3, -0.25) is 14.4 Å². The van der Waals surface area contributed by atoms with Crippen molar-refractivity contribution in [3.63, 3.8) is 0 Å². The van der Waals surface area contributed by atoms with Crippen molar-refractivity contribution < 1.29 is 29.0 Å². The summed E-state index contributed by atoms with van der Waals surface area (Å²) in [7, 11) is 0. The van der Waals surface area contributed by atoms with Crippen molar-refractivity contribution in [2.24, 2.45) is 11.8 Å². The topological polar surface area (TPSA) is 96.4 Å². The smallest absolute Gasteiger partial charge is 0.312 e. The van der Waals surface area contributed by atoms with E-state index in [4.69, 9.17) is 9.47 Å². The van der Waals surface area contributed by atoms with Crippen molar-refractivity contribution in [3.05, 3.63) is 54.6 Å². The monoisotopic (exact) mass is 574 g/mol. The summed E-state index contributed by atoms with van der Waals surface area (Å²) in [6.07, 6.45) is 4.00. The van der Waals surface area contributed by atoms with Crippen LogP contribution in [0.4, 0.5) is 5.69 Å². The summed E-state index contributed by atoms with van der Waals surface area (Å²) in [5.74, 6) is -2.71. The number of unbranched alkanes of at least 4 members (excludes halogenated alkanes) is 1. The molecule has 2 amide bonds. The second-order valence-corrected chi connectivity index (χ2v) is 11.2. The van der Waals surface area contributed by atoms with Gasteiger partial charge >= 0.3 is 5.97 Å². The first-order valence-electron chi connectivity index (χ1n) is 12.7. The number of nitrogens with zero attached hydrogens (tertiary/aromatic N) is 2. The van der Waals surface area contributed by atoms with Gasteiger partial charge in [-0.25, -0.2) is 0 Å². The maximum atomic E-state index is 14.5. The van der Waals surface area contributed by atoms with Crippen LogP contribution in [0.2, 0.25) is 0 Å². The third-order valence-corrected chi connectivity index (χ3v) is 8.58. The highest BCUT2D eigenvalue weighted by Gasteiger charge is 2.77. The number of aryl methyl sites for hydroxylation is 2. The first-order chi connectivity index (χ1) is 17.7. The lowest BCUT2D eigenvalue weighted by Crippen LogP contribution is -2.57. The second kappa shape index (κ2) is 11.1. The van der Waals surface area contributed by atoms with E-state index in [1.54, 1.807) is 15.9 Å². The number of halogens is 1. The number of anilines is 1. The molecule has 1 aromatic carbocycles. The number of amides is 2. The van der Waals surface area contributed by atoms with Crippen LogP contribution in [-0.2, 0) is 23.9 Å². The third-order valence-electron chi connectivity index (χ3n) is 7.73. The quantitative estimate of drug-likeness (QED) is 0.189. The summed E-state index contributed by atoms with van der Waals surface area (Å²) in [6.45, 7) is 11.9. The van der Waals surface area contributed by atoms with Crippen LogP contribution < -0.4 is 4.90 Å². The Morgan fingerprint density at radius 3 is 2.59 bits per heavy atom. The number of rotatable bonds is 11. The summed E-state index contributed by atoms with van der Waals surface area (Å²) in [6, 6.07) is 4.91. The molecule has 1 spiro atoms. The van der Waals surface area contributed by atoms with Gasteiger partial charge in [-0.2, -0.15) is 0 Å². The SMILES string of the molecule is C=CCOC(=O)[C@H]1[C@H]2C(=O)N(CCCCO)C(C(=O)N(CC=C)c3c(C)cccc3C)C23CC(Br)[C@@H]1O3. The van der Waals surface area contributed by atoms with Crippen molar-refractivity contribution in [3.8, 4) is 0 Å². The molecule has 6 atom stereocenters. The van der Waals surface area contributed by atoms with E-state index < -0.39 is 35.6 Å². The molecule has 3 fully saturated rings. The number of aliphatic hydroxyl groups is 1. The van der Waals surface area contributed by atoms with Crippen molar-refractivity contribution in [2.75, 3.05) is 31.2 Å². The first-order valence-corrected chi connectivity index (χ1v) is 13.6. The molecule has 0 aliphatic carbocycles. The highest BCUT2D eigenvalue weighted by molar-refractivity contribution is 9.09. The zero-order chi connectivity index (χ0) is 26.9. The molecule has 1 N–H and O–H groups in total. The number of esters is 1. The van der Waals surface area contributed by atoms with Gasteiger partial charge in [0.1, 0.15) is 18.2 Å². The molecule has 3 aliphatic rings. The minimum Gasteiger partial charge on any atom is -0.461 e. The van der Waals surface area contributed by atoms with Crippen LogP contribution in [0.1, 0.15) is 30.4 Å². The molecular formula is C28H35BrN2O6. The molecule has 2 bridgehead atoms. The Morgan fingerprint density at radius 2 is 1.97 bits per heavy atom. The standard InChI is InChI=1S/C28H35BrN2O6/c1-5-12-30(22-17(3)10-9-11-18(22)4)26(34)24-28-16-19(29)23(37-28)20(27(35)36-15-6-2)21(28)25(33)31(24)13-7-8-14-32/h5-6,9-11,19-21,23-24,32H,1-2,7-8,12-16H2,3-4H3/t19?,20-,21-,23-,24?,28?/m0/s1. The number of fused-ring (bicyclic) bond motifs is 1. The van der Waals surface area contributed by atoms with E-state index in [-0.39, 0.29) is 42.9 Å². The number of carbonyl (C=O) groups excluding carboxylic acids is 3. The van der Waals surface area contributed by atoms with Crippen molar-refractivity contribution >= 4 is 39.4 Å². The Balaban J connectivity index is 1.80. The predicted molar refractivity (Wildman–Crippen MR) is 143 cm³/mol. The first kappa shape index (κ1) is 27.5. The normalized spacial score (nSPS) is 29.8. The fourth-order valence-corrected chi connectivity index (χ4v) is 7.29. The third kappa shape index (κ3) is 4.55. The van der Waals surface area contributed by atoms with Gasteiger partial charge in [0, 0.05) is 30.2 Å². The van der Waals surface area contributed by atoms with E-state index in [0.29, 0.717) is 19.3 Å². The number of para-hydroxylation sites is 1. The van der Waals surface area contributed by atoms with Gasteiger partial charge in [0.05, 0.1) is 17.9 Å². The summed E-state index contributed by atoms with van der Waals surface area (Å²) < 4.78 is 11.9. The fraction of sp³-hybridized carbons (Fsp3) is 0.536. The van der Waals surface area contributed by atoms with Crippen LogP contribution in [0.5, 0.6) is 0 Å². The number of benzene rings is 1. The van der Waals surface area contributed by atoms with Crippen molar-refractivity contribution in [2.45, 2.75) is 55.7 Å². The summed E-state index contributed by atoms with van der Waals surface area (Å²) in [5, 5.41) is 9.36. The van der Waals surface area contributed by atoms with E-state index in [0.717, 1.165) is 16.8 Å². The van der Waals surface area contributed by atoms with Gasteiger partial charge in [0.2, 0.25) is 5.91 Å². The van der Waals surface area contributed by atoms with E-state index in [1.165, 1.54) is 6.08 Å². The van der Waals surface area contributed by atoms with Crippen LogP contribution in [0.15, 0.2) is 43.5 Å². The van der Waals surface area contributed by atoms with Gasteiger partial charge < -0.3 is 24.4 Å². The molecule has 37 heavy (non-hydrogen) atoms. The van der Waals surface area contributed by atoms with Crippen LogP contribution in [0.25, 0.3) is 0 Å². The number of aliphatic hydroxyl groups excluding tert-OH is 1. The molecule has 200 valence electrons. The number of likely N-dealkylation sites (tertiary alicyclic amines) is 1. The van der Waals surface area contributed by atoms with Crippen molar-refractivity contribution in [1.82, 2.24) is 4.90 Å². The second-order valence-electron chi connectivity index (χ2n) is 10.0. The molecule has 0 radical (unpaired) electrons. The van der Waals surface area contributed by atoms with E-state index in [2.05, 4.69) is 29.1 Å². The number of hydrogen-bond acceptors (Lipinski definition) is 6. The number of carbonyl (C=O) groups is 3. The van der Waals surface area contributed by atoms with Crippen LogP contribution >= 0.6 is 15.9 Å². The molecule has 3 heterocycles. The molecule has 3 saturated heterocycles. The molecule has 3 aliphatic heterocycles. The van der Waals surface area contributed by atoms with Crippen LogP contribution in [0, 0.1) is 25.7 Å². The van der Waals surface area contributed by atoms with E-state index >= 15 is 0 Å². The molecule has 4 rings (SSSR count). The summed E-state index contributed by atoms with van der Waals surface area (Å²) in [5.41, 5.74) is 1.47. The van der Waals surface area contributed by atoms with E-state index in [9.17, 15) is 19.5 Å². The minimum absolute atomic E-state index is 0.0151. The largest absolute Gasteiger partial charge is 0.461 e. The molecule has 0 saturated carbocycles. The Labute approximate surface area is 226 Å². The van der Waals surface area contributed by atoms with Gasteiger partial charge in [0.15, 0.2) is 0 Å². The average molecular weight is 576 g/mol. The van der Waals surface area contributed by atoms with Gasteiger partial charge in [0.25, 0.3) is 5.91 Å². The maximum absolute atomic E-state index is 14.5. The molecular weight excluding hydrogens is 540 g/mol. The highest BCUT2D eigenvalue weighted by atomic mass is 79.9.